The molecule has 0 spiro atoms. The zero-order chi connectivity index (χ0) is 18.2. The molecule has 0 amide bonds. The van der Waals surface area contributed by atoms with E-state index >= 15 is 0 Å². The normalized spacial score (nSPS) is 30.4. The molecule has 2 aliphatic heterocycles. The predicted molar refractivity (Wildman–Crippen MR) is 85.1 cm³/mol. The van der Waals surface area contributed by atoms with Crippen LogP contribution in [0.25, 0.3) is 0 Å². The number of aldehydes is 1. The highest BCUT2D eigenvalue weighted by atomic mass is 16.8. The lowest BCUT2D eigenvalue weighted by Gasteiger charge is -2.24. The molecule has 0 bridgehead atoms. The summed E-state index contributed by atoms with van der Waals surface area (Å²) < 4.78 is 18.6. The minimum absolute atomic E-state index is 0.276. The molecule has 3 rings (SSSR count). The first-order valence-electron chi connectivity index (χ1n) is 8.26. The zero-order valence-corrected chi connectivity index (χ0v) is 14.1. The molecule has 0 saturated carbocycles. The Morgan fingerprint density at radius 2 is 2.04 bits per heavy atom. The van der Waals surface area contributed by atoms with Crippen molar-refractivity contribution < 1.29 is 24.1 Å². The fourth-order valence-corrected chi connectivity index (χ4v) is 3.30. The molecular weight excluding hydrogens is 332 g/mol. The minimum atomic E-state index is -0.858. The molecule has 1 aromatic rings. The van der Waals surface area contributed by atoms with Crippen LogP contribution in [0, 0.1) is 0 Å². The molecule has 4 unspecified atom stereocenters. The van der Waals surface area contributed by atoms with Gasteiger partial charge in [0.15, 0.2) is 12.0 Å². The monoisotopic (exact) mass is 354 g/mol. The summed E-state index contributed by atoms with van der Waals surface area (Å²) in [5.74, 6) is -0.858. The van der Waals surface area contributed by atoms with Crippen LogP contribution in [0.1, 0.15) is 38.5 Å². The highest BCUT2D eigenvalue weighted by Crippen LogP contribution is 2.42. The van der Waals surface area contributed by atoms with Crippen LogP contribution >= 0.6 is 0 Å². The second-order valence-electron chi connectivity index (χ2n) is 6.69. The number of aliphatic hydroxyl groups is 1. The van der Waals surface area contributed by atoms with E-state index in [1.54, 1.807) is 13.8 Å². The first kappa shape index (κ1) is 18.0. The number of hydrogen-bond acceptors (Lipinski definition) is 7. The van der Waals surface area contributed by atoms with Crippen molar-refractivity contribution in [3.63, 3.8) is 0 Å². The molecule has 25 heavy (non-hydrogen) atoms. The van der Waals surface area contributed by atoms with Crippen LogP contribution in [0.5, 0.6) is 0 Å². The molecule has 2 saturated heterocycles. The fraction of sp³-hybridized carbons (Fsp3) is 0.688. The molecule has 4 atom stereocenters. The summed E-state index contributed by atoms with van der Waals surface area (Å²) in [5, 5.41) is 9.52. The second kappa shape index (κ2) is 6.83. The maximum Gasteiger partial charge on any atom is 0.330 e. The third kappa shape index (κ3) is 3.45. The van der Waals surface area contributed by atoms with Gasteiger partial charge in [-0.2, -0.15) is 0 Å². The van der Waals surface area contributed by atoms with E-state index < -0.39 is 41.6 Å². The standard InChI is InChI=1S/C16H22N2O7/c1-16(2)24-11-10(8-20)23-14(12(11)25-16)18-7-9(5-3-4-6-19)13(21)17-15(18)22/h6-7,10-12,14,20H,3-5,8H2,1-2H3,(H,17,21,22). The van der Waals surface area contributed by atoms with Gasteiger partial charge in [0.25, 0.3) is 5.56 Å². The van der Waals surface area contributed by atoms with Crippen molar-refractivity contribution in [2.24, 2.45) is 0 Å². The van der Waals surface area contributed by atoms with Gasteiger partial charge in [0.1, 0.15) is 24.6 Å². The van der Waals surface area contributed by atoms with Crippen molar-refractivity contribution in [1.82, 2.24) is 9.55 Å². The summed E-state index contributed by atoms with van der Waals surface area (Å²) in [7, 11) is 0. The Bertz CT molecular complexity index is 754. The van der Waals surface area contributed by atoms with E-state index in [2.05, 4.69) is 4.98 Å². The number of carbonyl (C=O) groups excluding carboxylic acids is 1. The molecule has 2 N–H and O–H groups in total. The maximum absolute atomic E-state index is 12.3. The number of hydrogen-bond donors (Lipinski definition) is 2. The van der Waals surface area contributed by atoms with E-state index in [0.29, 0.717) is 24.8 Å². The van der Waals surface area contributed by atoms with Crippen molar-refractivity contribution in [2.75, 3.05) is 6.61 Å². The average Bonchev–Trinajstić information content (AvgIpc) is 3.02. The van der Waals surface area contributed by atoms with Crippen LogP contribution < -0.4 is 11.2 Å². The lowest BCUT2D eigenvalue weighted by Crippen LogP contribution is -2.38. The van der Waals surface area contributed by atoms with E-state index in [-0.39, 0.29) is 6.61 Å². The molecule has 138 valence electrons. The van der Waals surface area contributed by atoms with Gasteiger partial charge in [0, 0.05) is 18.2 Å². The van der Waals surface area contributed by atoms with E-state index in [0.717, 1.165) is 6.29 Å². The summed E-state index contributed by atoms with van der Waals surface area (Å²) in [4.78, 5) is 36.9. The van der Waals surface area contributed by atoms with Crippen LogP contribution in [0.4, 0.5) is 0 Å². The van der Waals surface area contributed by atoms with Crippen LogP contribution in [0.3, 0.4) is 0 Å². The first-order valence-corrected chi connectivity index (χ1v) is 8.26. The Kier molecular flexibility index (Phi) is 4.92. The van der Waals surface area contributed by atoms with Gasteiger partial charge in [-0.05, 0) is 26.7 Å². The van der Waals surface area contributed by atoms with Crippen molar-refractivity contribution in [2.45, 2.75) is 63.4 Å². The Morgan fingerprint density at radius 1 is 1.32 bits per heavy atom. The van der Waals surface area contributed by atoms with E-state index in [4.69, 9.17) is 14.2 Å². The summed E-state index contributed by atoms with van der Waals surface area (Å²) in [5.41, 5.74) is -0.726. The lowest BCUT2D eigenvalue weighted by molar-refractivity contribution is -0.200. The van der Waals surface area contributed by atoms with E-state index in [1.165, 1.54) is 10.8 Å². The van der Waals surface area contributed by atoms with Crippen LogP contribution in [0.2, 0.25) is 0 Å². The summed E-state index contributed by atoms with van der Waals surface area (Å²) >= 11 is 0. The van der Waals surface area contributed by atoms with Gasteiger partial charge in [-0.25, -0.2) is 4.79 Å². The summed E-state index contributed by atoms with van der Waals surface area (Å²) in [6, 6.07) is 0. The Morgan fingerprint density at radius 3 is 2.72 bits per heavy atom. The number of nitrogens with one attached hydrogen (secondary N) is 1. The van der Waals surface area contributed by atoms with Gasteiger partial charge in [-0.15, -0.1) is 0 Å². The molecule has 3 heterocycles. The molecule has 9 nitrogen and oxygen atoms in total. The van der Waals surface area contributed by atoms with Gasteiger partial charge in [0.2, 0.25) is 0 Å². The van der Waals surface area contributed by atoms with Crippen LogP contribution in [-0.4, -0.2) is 51.6 Å². The largest absolute Gasteiger partial charge is 0.394 e. The highest BCUT2D eigenvalue weighted by Gasteiger charge is 2.55. The third-order valence-electron chi connectivity index (χ3n) is 4.39. The van der Waals surface area contributed by atoms with Crippen molar-refractivity contribution >= 4 is 6.29 Å². The number of ether oxygens (including phenoxy) is 3. The van der Waals surface area contributed by atoms with Gasteiger partial charge in [0.05, 0.1) is 6.61 Å². The van der Waals surface area contributed by atoms with Crippen LogP contribution in [-0.2, 0) is 25.4 Å². The smallest absolute Gasteiger partial charge is 0.330 e. The Hall–Kier alpha value is -1.81. The highest BCUT2D eigenvalue weighted by molar-refractivity contribution is 5.49. The molecule has 0 aromatic carbocycles. The van der Waals surface area contributed by atoms with Gasteiger partial charge >= 0.3 is 5.69 Å². The lowest BCUT2D eigenvalue weighted by atomic mass is 10.1. The molecular formula is C16H22N2O7. The molecule has 0 aliphatic carbocycles. The molecule has 2 fully saturated rings. The number of nitrogens with zero attached hydrogens (tertiary/aromatic N) is 1. The minimum Gasteiger partial charge on any atom is -0.394 e. The topological polar surface area (TPSA) is 120 Å². The number of aromatic amines is 1. The average molecular weight is 354 g/mol. The molecule has 9 heteroatoms. The van der Waals surface area contributed by atoms with E-state index in [9.17, 15) is 19.5 Å². The zero-order valence-electron chi connectivity index (χ0n) is 14.1. The van der Waals surface area contributed by atoms with Crippen molar-refractivity contribution in [3.8, 4) is 0 Å². The Balaban J connectivity index is 1.92. The Labute approximate surface area is 143 Å². The molecule has 1 aromatic heterocycles. The quantitative estimate of drug-likeness (QED) is 0.520. The number of rotatable bonds is 6. The number of H-pyrrole nitrogens is 1. The van der Waals surface area contributed by atoms with Crippen molar-refractivity contribution in [3.05, 3.63) is 32.6 Å². The molecule has 0 radical (unpaired) electrons. The first-order chi connectivity index (χ1) is 11.9. The third-order valence-corrected chi connectivity index (χ3v) is 4.39. The molecule has 2 aliphatic rings. The van der Waals surface area contributed by atoms with Crippen LogP contribution in [0.15, 0.2) is 15.8 Å². The number of aromatic nitrogens is 2. The predicted octanol–water partition coefficient (Wildman–Crippen LogP) is -0.532. The maximum atomic E-state index is 12.3. The number of carbonyl (C=O) groups is 1. The number of aliphatic hydroxyl groups excluding tert-OH is 1. The number of fused-ring (bicyclic) bond motifs is 1. The number of aryl methyl sites for hydroxylation is 1. The van der Waals surface area contributed by atoms with E-state index in [1.807, 2.05) is 0 Å². The number of unbranched alkanes of at least 4 members (excludes halogenated alkanes) is 1. The fourth-order valence-electron chi connectivity index (χ4n) is 3.30. The van der Waals surface area contributed by atoms with Gasteiger partial charge in [-0.1, -0.05) is 0 Å². The van der Waals surface area contributed by atoms with Gasteiger partial charge in [-0.3, -0.25) is 14.3 Å². The summed E-state index contributed by atoms with van der Waals surface area (Å²) in [6.45, 7) is 3.22. The SMILES string of the molecule is CC1(C)OC2C(CO)OC(n3cc(CCCC=O)c(=O)[nH]c3=O)C2O1. The van der Waals surface area contributed by atoms with Gasteiger partial charge < -0.3 is 24.1 Å². The summed E-state index contributed by atoms with van der Waals surface area (Å²) in [6.07, 6.45) is 0.874. The van der Waals surface area contributed by atoms with Crippen molar-refractivity contribution in [1.29, 1.82) is 0 Å². The second-order valence-corrected chi connectivity index (χ2v) is 6.69.